The molecule has 2 heterocycles. The molecule has 1 saturated heterocycles. The number of halogens is 1. The number of nitrogen functional groups attached to an aromatic ring is 1. The molecule has 0 bridgehead atoms. The number of hydrogen-bond donors (Lipinski definition) is 3. The van der Waals surface area contributed by atoms with Crippen molar-refractivity contribution in [2.24, 2.45) is 5.73 Å². The molecule has 0 unspecified atom stereocenters. The second kappa shape index (κ2) is 11.1. The Balaban J connectivity index is 1.85. The summed E-state index contributed by atoms with van der Waals surface area (Å²) in [5.74, 6) is -2.47. The Morgan fingerprint density at radius 3 is 2.57 bits per heavy atom. The number of nitrogens with one attached hydrogen (secondary N) is 1. The van der Waals surface area contributed by atoms with Gasteiger partial charge >= 0.3 is 0 Å². The van der Waals surface area contributed by atoms with Crippen LogP contribution in [0.25, 0.3) is 0 Å². The number of carbonyl (C=O) groups excluding carboxylic acids is 3. The van der Waals surface area contributed by atoms with Crippen LogP contribution in [0, 0.1) is 19.7 Å². The van der Waals surface area contributed by atoms with Crippen molar-refractivity contribution in [2.45, 2.75) is 38.8 Å². The lowest BCUT2D eigenvalue weighted by molar-refractivity contribution is -0.123. The number of aryl methyl sites for hydroxylation is 1. The predicted molar refractivity (Wildman–Crippen MR) is 139 cm³/mol. The third-order valence-corrected chi connectivity index (χ3v) is 7.28. The van der Waals surface area contributed by atoms with E-state index in [0.717, 1.165) is 35.5 Å². The number of benzene rings is 2. The topological polar surface area (TPSA) is 141 Å². The first-order valence-electron chi connectivity index (χ1n) is 11.8. The van der Waals surface area contributed by atoms with Crippen LogP contribution in [-0.4, -0.2) is 41.4 Å². The molecule has 0 aliphatic carbocycles. The van der Waals surface area contributed by atoms with Crippen molar-refractivity contribution in [2.75, 3.05) is 23.8 Å². The van der Waals surface area contributed by atoms with Gasteiger partial charge in [-0.1, -0.05) is 24.3 Å². The van der Waals surface area contributed by atoms with Gasteiger partial charge in [0.2, 0.25) is 5.91 Å². The molecule has 2 aromatic carbocycles. The first kappa shape index (κ1) is 26.2. The summed E-state index contributed by atoms with van der Waals surface area (Å²) < 4.78 is 23.4. The summed E-state index contributed by atoms with van der Waals surface area (Å²) >= 11 is 0.727. The van der Waals surface area contributed by atoms with E-state index < -0.39 is 29.6 Å². The van der Waals surface area contributed by atoms with Gasteiger partial charge in [0.05, 0.1) is 11.8 Å². The summed E-state index contributed by atoms with van der Waals surface area (Å²) in [6, 6.07) is 9.57. The van der Waals surface area contributed by atoms with Crippen LogP contribution in [0.3, 0.4) is 0 Å². The van der Waals surface area contributed by atoms with E-state index in [1.165, 1.54) is 29.2 Å². The number of ether oxygens (including phenoxy) is 1. The predicted octanol–water partition coefficient (Wildman–Crippen LogP) is 3.26. The van der Waals surface area contributed by atoms with Crippen LogP contribution in [0.4, 0.5) is 15.8 Å². The minimum absolute atomic E-state index is 0.0336. The first-order valence-corrected chi connectivity index (χ1v) is 12.6. The molecule has 5 N–H and O–H groups in total. The van der Waals surface area contributed by atoms with Crippen LogP contribution in [0.2, 0.25) is 0 Å². The fourth-order valence-electron chi connectivity index (χ4n) is 4.28. The van der Waals surface area contributed by atoms with Gasteiger partial charge in [-0.3, -0.25) is 19.3 Å². The van der Waals surface area contributed by atoms with Crippen LogP contribution < -0.4 is 21.7 Å². The Morgan fingerprint density at radius 1 is 1.22 bits per heavy atom. The Morgan fingerprint density at radius 2 is 1.95 bits per heavy atom. The van der Waals surface area contributed by atoms with E-state index in [2.05, 4.69) is 9.69 Å². The number of primary amides is 1. The van der Waals surface area contributed by atoms with Crippen LogP contribution in [-0.2, 0) is 9.53 Å². The van der Waals surface area contributed by atoms with Crippen LogP contribution >= 0.6 is 11.5 Å². The average molecular weight is 526 g/mol. The van der Waals surface area contributed by atoms with E-state index in [9.17, 15) is 18.8 Å². The zero-order valence-corrected chi connectivity index (χ0v) is 21.3. The normalized spacial score (nSPS) is 15.8. The summed E-state index contributed by atoms with van der Waals surface area (Å²) in [6.07, 6.45) is 1.59. The van der Waals surface area contributed by atoms with Crippen LogP contribution in [0.1, 0.15) is 55.7 Å². The molecule has 1 aliphatic rings. The Labute approximate surface area is 217 Å². The van der Waals surface area contributed by atoms with Gasteiger partial charge in [-0.05, 0) is 73.1 Å². The Hall–Kier alpha value is -3.83. The molecule has 4 rings (SSSR count). The van der Waals surface area contributed by atoms with Gasteiger partial charge in [-0.2, -0.15) is 4.37 Å². The molecule has 9 nitrogen and oxygen atoms in total. The first-order chi connectivity index (χ1) is 17.7. The quantitative estimate of drug-likeness (QED) is 0.412. The summed E-state index contributed by atoms with van der Waals surface area (Å²) in [5.41, 5.74) is 13.6. The molecule has 0 radical (unpaired) electrons. The third kappa shape index (κ3) is 5.47. The lowest BCUT2D eigenvalue weighted by Crippen LogP contribution is -2.46. The maximum Gasteiger partial charge on any atom is 0.273 e. The SMILES string of the molecule is Cc1cccc(N(C(=O)c2snc(C(N)=O)c2N)[C@@H](C(=O)NC[C@@H]2CCCO2)c2ccc(F)cc2)c1C. The number of carbonyl (C=O) groups is 3. The molecule has 0 saturated carbocycles. The highest BCUT2D eigenvalue weighted by Gasteiger charge is 2.37. The number of amides is 3. The summed E-state index contributed by atoms with van der Waals surface area (Å²) in [6.45, 7) is 4.61. The van der Waals surface area contributed by atoms with Gasteiger partial charge in [0.15, 0.2) is 5.69 Å². The average Bonchev–Trinajstić information content (AvgIpc) is 3.53. The maximum absolute atomic E-state index is 14.1. The van der Waals surface area contributed by atoms with Gasteiger partial charge in [0, 0.05) is 18.8 Å². The minimum Gasteiger partial charge on any atom is -0.395 e. The highest BCUT2D eigenvalue weighted by Crippen LogP contribution is 2.35. The van der Waals surface area contributed by atoms with Crippen molar-refractivity contribution >= 4 is 40.6 Å². The van der Waals surface area contributed by atoms with Crippen molar-refractivity contribution in [3.05, 3.63) is 75.5 Å². The molecule has 11 heteroatoms. The lowest BCUT2D eigenvalue weighted by atomic mass is 9.99. The molecule has 1 fully saturated rings. The zero-order chi connectivity index (χ0) is 26.7. The fraction of sp³-hybridized carbons (Fsp3) is 0.308. The van der Waals surface area contributed by atoms with Crippen molar-refractivity contribution < 1.29 is 23.5 Å². The zero-order valence-electron chi connectivity index (χ0n) is 20.5. The van der Waals surface area contributed by atoms with Gasteiger partial charge in [0.1, 0.15) is 16.7 Å². The van der Waals surface area contributed by atoms with E-state index in [1.54, 1.807) is 12.1 Å². The third-order valence-electron chi connectivity index (χ3n) is 6.43. The number of nitrogens with zero attached hydrogens (tertiary/aromatic N) is 2. The van der Waals surface area contributed by atoms with E-state index >= 15 is 0 Å². The van der Waals surface area contributed by atoms with E-state index in [0.29, 0.717) is 17.9 Å². The number of anilines is 2. The van der Waals surface area contributed by atoms with Gasteiger partial charge in [-0.25, -0.2) is 4.39 Å². The fourth-order valence-corrected chi connectivity index (χ4v) is 5.02. The largest absolute Gasteiger partial charge is 0.395 e. The number of rotatable bonds is 8. The maximum atomic E-state index is 14.1. The number of aromatic nitrogens is 1. The van der Waals surface area contributed by atoms with E-state index in [-0.39, 0.29) is 28.9 Å². The molecular formula is C26H28FN5O4S. The smallest absolute Gasteiger partial charge is 0.273 e. The van der Waals surface area contributed by atoms with Crippen LogP contribution in [0.5, 0.6) is 0 Å². The van der Waals surface area contributed by atoms with Crippen molar-refractivity contribution in [1.82, 2.24) is 9.69 Å². The number of nitrogens with two attached hydrogens (primary N) is 2. The Bertz CT molecular complexity index is 1320. The molecule has 2 atom stereocenters. The van der Waals surface area contributed by atoms with Crippen LogP contribution in [0.15, 0.2) is 42.5 Å². The van der Waals surface area contributed by atoms with Crippen molar-refractivity contribution in [1.29, 1.82) is 0 Å². The van der Waals surface area contributed by atoms with Gasteiger partial charge in [0.25, 0.3) is 11.8 Å². The standard InChI is InChI=1S/C26H28FN5O4S/c1-14-5-3-7-19(15(14)2)32(26(35)23-20(28)21(24(29)33)31-37-23)22(16-8-10-17(27)11-9-16)25(34)30-13-18-6-4-12-36-18/h3,5,7-11,18,22H,4,6,12-13,28H2,1-2H3,(H2,29,33)(H,30,34)/t18-,22+/m0/s1. The minimum atomic E-state index is -1.19. The molecule has 0 spiro atoms. The molecule has 1 aromatic heterocycles. The number of hydrogen-bond acceptors (Lipinski definition) is 7. The molecule has 1 aliphatic heterocycles. The highest BCUT2D eigenvalue weighted by molar-refractivity contribution is 7.09. The summed E-state index contributed by atoms with van der Waals surface area (Å²) in [7, 11) is 0. The summed E-state index contributed by atoms with van der Waals surface area (Å²) in [5, 5.41) is 2.90. The van der Waals surface area contributed by atoms with E-state index in [1.807, 2.05) is 19.9 Å². The Kier molecular flexibility index (Phi) is 7.84. The molecular weight excluding hydrogens is 497 g/mol. The van der Waals surface area contributed by atoms with E-state index in [4.69, 9.17) is 16.2 Å². The second-order valence-corrected chi connectivity index (χ2v) is 9.64. The van der Waals surface area contributed by atoms with Crippen molar-refractivity contribution in [3.8, 4) is 0 Å². The van der Waals surface area contributed by atoms with Gasteiger partial charge < -0.3 is 21.5 Å². The second-order valence-electron chi connectivity index (χ2n) is 8.87. The molecule has 3 amide bonds. The molecule has 3 aromatic rings. The van der Waals surface area contributed by atoms with Gasteiger partial charge in [-0.15, -0.1) is 0 Å². The molecule has 37 heavy (non-hydrogen) atoms. The summed E-state index contributed by atoms with van der Waals surface area (Å²) in [4.78, 5) is 40.9. The molecule has 194 valence electrons. The lowest BCUT2D eigenvalue weighted by Gasteiger charge is -2.33. The van der Waals surface area contributed by atoms with Crippen molar-refractivity contribution in [3.63, 3.8) is 0 Å². The highest BCUT2D eigenvalue weighted by atomic mass is 32.1. The monoisotopic (exact) mass is 525 g/mol.